The third kappa shape index (κ3) is 2.72. The SMILES string of the molecule is O=C(c1nn(-c2ccc(F)cc2)c2c1CCCC2)N1CC(n2cnnc2)C1. The van der Waals surface area contributed by atoms with Crippen LogP contribution in [0, 0.1) is 5.82 Å². The third-order valence-corrected chi connectivity index (χ3v) is 5.46. The molecule has 0 saturated carbocycles. The van der Waals surface area contributed by atoms with E-state index in [-0.39, 0.29) is 17.8 Å². The fraction of sp³-hybridized carbons (Fsp3) is 0.368. The van der Waals surface area contributed by atoms with Crippen LogP contribution in [0.1, 0.15) is 40.6 Å². The number of fused-ring (bicyclic) bond motifs is 1. The van der Waals surface area contributed by atoms with Crippen LogP contribution in [-0.2, 0) is 12.8 Å². The van der Waals surface area contributed by atoms with Gasteiger partial charge in [-0.05, 0) is 49.9 Å². The fourth-order valence-electron chi connectivity index (χ4n) is 3.92. The number of hydrogen-bond acceptors (Lipinski definition) is 4. The lowest BCUT2D eigenvalue weighted by molar-refractivity contribution is 0.0512. The van der Waals surface area contributed by atoms with E-state index in [0.717, 1.165) is 42.6 Å². The highest BCUT2D eigenvalue weighted by molar-refractivity contribution is 5.94. The quantitative estimate of drug-likeness (QED) is 0.712. The first-order valence-corrected chi connectivity index (χ1v) is 9.21. The lowest BCUT2D eigenvalue weighted by atomic mass is 9.94. The van der Waals surface area contributed by atoms with Crippen LogP contribution in [0.5, 0.6) is 0 Å². The van der Waals surface area contributed by atoms with E-state index in [1.165, 1.54) is 12.1 Å². The molecule has 1 aliphatic heterocycles. The Kier molecular flexibility index (Phi) is 3.77. The number of halogens is 1. The predicted molar refractivity (Wildman–Crippen MR) is 95.1 cm³/mol. The lowest BCUT2D eigenvalue weighted by Crippen LogP contribution is -2.50. The van der Waals surface area contributed by atoms with Gasteiger partial charge in [0.05, 0.1) is 11.7 Å². The average molecular weight is 366 g/mol. The molecule has 2 aliphatic rings. The van der Waals surface area contributed by atoms with Crippen molar-refractivity contribution in [1.82, 2.24) is 29.4 Å². The summed E-state index contributed by atoms with van der Waals surface area (Å²) in [4.78, 5) is 14.9. The van der Waals surface area contributed by atoms with E-state index in [4.69, 9.17) is 0 Å². The van der Waals surface area contributed by atoms with Crippen molar-refractivity contribution >= 4 is 5.91 Å². The van der Waals surface area contributed by atoms with Crippen molar-refractivity contribution in [1.29, 1.82) is 0 Å². The summed E-state index contributed by atoms with van der Waals surface area (Å²) in [6.45, 7) is 1.27. The molecule has 3 aromatic rings. The van der Waals surface area contributed by atoms with Crippen LogP contribution in [0.2, 0.25) is 0 Å². The molecule has 1 amide bonds. The summed E-state index contributed by atoms with van der Waals surface area (Å²) in [7, 11) is 0. The normalized spacial score (nSPS) is 16.9. The molecule has 0 N–H and O–H groups in total. The molecular formula is C19H19FN6O. The Bertz CT molecular complexity index is 973. The van der Waals surface area contributed by atoms with Crippen LogP contribution in [0.15, 0.2) is 36.9 Å². The molecule has 2 aromatic heterocycles. The molecule has 27 heavy (non-hydrogen) atoms. The van der Waals surface area contributed by atoms with Gasteiger partial charge >= 0.3 is 0 Å². The van der Waals surface area contributed by atoms with Gasteiger partial charge in [0.25, 0.3) is 5.91 Å². The number of carbonyl (C=O) groups excluding carboxylic acids is 1. The first-order valence-electron chi connectivity index (χ1n) is 9.21. The first-order chi connectivity index (χ1) is 13.2. The molecule has 5 rings (SSSR count). The van der Waals surface area contributed by atoms with E-state index in [1.807, 2.05) is 14.1 Å². The maximum atomic E-state index is 13.3. The smallest absolute Gasteiger partial charge is 0.274 e. The molecule has 0 unspecified atom stereocenters. The van der Waals surface area contributed by atoms with Gasteiger partial charge in [-0.1, -0.05) is 0 Å². The highest BCUT2D eigenvalue weighted by Crippen LogP contribution is 2.30. The second kappa shape index (κ2) is 6.29. The van der Waals surface area contributed by atoms with Gasteiger partial charge in [-0.25, -0.2) is 9.07 Å². The number of likely N-dealkylation sites (tertiary alicyclic amines) is 1. The number of aromatic nitrogens is 5. The molecule has 7 nitrogen and oxygen atoms in total. The summed E-state index contributed by atoms with van der Waals surface area (Å²) in [5.74, 6) is -0.310. The number of benzene rings is 1. The van der Waals surface area contributed by atoms with Crippen molar-refractivity contribution in [3.63, 3.8) is 0 Å². The summed E-state index contributed by atoms with van der Waals surface area (Å²) < 4.78 is 17.0. The highest BCUT2D eigenvalue weighted by Gasteiger charge is 2.36. The predicted octanol–water partition coefficient (Wildman–Crippen LogP) is 2.18. The molecule has 138 valence electrons. The van der Waals surface area contributed by atoms with E-state index in [2.05, 4.69) is 15.3 Å². The van der Waals surface area contributed by atoms with E-state index in [0.29, 0.717) is 18.8 Å². The highest BCUT2D eigenvalue weighted by atomic mass is 19.1. The lowest BCUT2D eigenvalue weighted by Gasteiger charge is -2.39. The standard InChI is InChI=1S/C19H19FN6O/c20-13-5-7-14(8-6-13)26-17-4-2-1-3-16(17)18(23-26)19(27)24-9-15(10-24)25-11-21-22-12-25/h5-8,11-12,15H,1-4,9-10H2. The van der Waals surface area contributed by atoms with E-state index < -0.39 is 0 Å². The molecule has 1 aliphatic carbocycles. The largest absolute Gasteiger partial charge is 0.333 e. The van der Waals surface area contributed by atoms with Crippen LogP contribution < -0.4 is 0 Å². The number of carbonyl (C=O) groups is 1. The Balaban J connectivity index is 1.44. The zero-order chi connectivity index (χ0) is 18.4. The van der Waals surface area contributed by atoms with Crippen LogP contribution in [0.3, 0.4) is 0 Å². The average Bonchev–Trinajstić information content (AvgIpc) is 3.29. The fourth-order valence-corrected chi connectivity index (χ4v) is 3.92. The second-order valence-electron chi connectivity index (χ2n) is 7.14. The van der Waals surface area contributed by atoms with Gasteiger partial charge in [-0.15, -0.1) is 10.2 Å². The van der Waals surface area contributed by atoms with Crippen molar-refractivity contribution in [2.24, 2.45) is 0 Å². The van der Waals surface area contributed by atoms with E-state index >= 15 is 0 Å². The Morgan fingerprint density at radius 2 is 1.74 bits per heavy atom. The van der Waals surface area contributed by atoms with Gasteiger partial charge in [0, 0.05) is 24.3 Å². The monoisotopic (exact) mass is 366 g/mol. The Morgan fingerprint density at radius 3 is 2.48 bits per heavy atom. The maximum Gasteiger partial charge on any atom is 0.274 e. The van der Waals surface area contributed by atoms with Crippen molar-refractivity contribution in [2.45, 2.75) is 31.7 Å². The minimum atomic E-state index is -0.281. The Hall–Kier alpha value is -3.03. The molecule has 1 aromatic carbocycles. The van der Waals surface area contributed by atoms with Gasteiger partial charge < -0.3 is 9.47 Å². The molecule has 0 radical (unpaired) electrons. The maximum absolute atomic E-state index is 13.3. The van der Waals surface area contributed by atoms with Gasteiger partial charge in [-0.2, -0.15) is 5.10 Å². The molecule has 1 fully saturated rings. The number of amides is 1. The summed E-state index contributed by atoms with van der Waals surface area (Å²) in [6.07, 6.45) is 7.24. The minimum Gasteiger partial charge on any atom is -0.333 e. The summed E-state index contributed by atoms with van der Waals surface area (Å²) in [6, 6.07) is 6.48. The van der Waals surface area contributed by atoms with Crippen LogP contribution in [0.4, 0.5) is 4.39 Å². The second-order valence-corrected chi connectivity index (χ2v) is 7.14. The summed E-state index contributed by atoms with van der Waals surface area (Å²) in [5, 5.41) is 12.3. The Labute approximate surface area is 155 Å². The first kappa shape index (κ1) is 16.2. The molecular weight excluding hydrogens is 347 g/mol. The van der Waals surface area contributed by atoms with E-state index in [1.54, 1.807) is 24.8 Å². The van der Waals surface area contributed by atoms with E-state index in [9.17, 15) is 9.18 Å². The van der Waals surface area contributed by atoms with Gasteiger partial charge in [0.2, 0.25) is 0 Å². The van der Waals surface area contributed by atoms with Crippen LogP contribution in [0.25, 0.3) is 5.69 Å². The van der Waals surface area contributed by atoms with Gasteiger partial charge in [0.1, 0.15) is 18.5 Å². The molecule has 8 heteroatoms. The van der Waals surface area contributed by atoms with Gasteiger partial charge in [0.15, 0.2) is 5.69 Å². The van der Waals surface area contributed by atoms with Crippen molar-refractivity contribution in [3.8, 4) is 5.69 Å². The molecule has 0 spiro atoms. The van der Waals surface area contributed by atoms with Crippen molar-refractivity contribution < 1.29 is 9.18 Å². The zero-order valence-corrected chi connectivity index (χ0v) is 14.8. The zero-order valence-electron chi connectivity index (χ0n) is 14.8. The third-order valence-electron chi connectivity index (χ3n) is 5.46. The van der Waals surface area contributed by atoms with Crippen molar-refractivity contribution in [3.05, 3.63) is 59.7 Å². The minimum absolute atomic E-state index is 0.0293. The molecule has 0 bridgehead atoms. The van der Waals surface area contributed by atoms with Crippen LogP contribution in [-0.4, -0.2) is 48.4 Å². The summed E-state index contributed by atoms with van der Waals surface area (Å²) in [5.41, 5.74) is 3.45. The van der Waals surface area contributed by atoms with Crippen molar-refractivity contribution in [2.75, 3.05) is 13.1 Å². The van der Waals surface area contributed by atoms with Crippen LogP contribution >= 0.6 is 0 Å². The Morgan fingerprint density at radius 1 is 1.04 bits per heavy atom. The molecule has 0 atom stereocenters. The molecule has 1 saturated heterocycles. The van der Waals surface area contributed by atoms with Gasteiger partial charge in [-0.3, -0.25) is 4.79 Å². The number of hydrogen-bond donors (Lipinski definition) is 0. The number of nitrogens with zero attached hydrogens (tertiary/aromatic N) is 6. The summed E-state index contributed by atoms with van der Waals surface area (Å²) >= 11 is 0. The topological polar surface area (TPSA) is 68.8 Å². The number of rotatable bonds is 3. The molecule has 3 heterocycles.